The van der Waals surface area contributed by atoms with Gasteiger partial charge in [-0.3, -0.25) is 0 Å². The fourth-order valence-corrected chi connectivity index (χ4v) is 3.38. The number of hydrogen-bond acceptors (Lipinski definition) is 2. The maximum absolute atomic E-state index is 10.9. The Morgan fingerprint density at radius 2 is 1.61 bits per heavy atom. The molecule has 2 rings (SSSR count). The summed E-state index contributed by atoms with van der Waals surface area (Å²) in [6.45, 7) is 0. The molecular weight excluding hydrogens is 458 g/mol. The fraction of sp³-hybridized carbons (Fsp3) is 0. The molecule has 0 atom stereocenters. The molecule has 2 aromatic carbocycles. The first-order valence-electron chi connectivity index (χ1n) is 5.03. The van der Waals surface area contributed by atoms with Crippen LogP contribution in [0.15, 0.2) is 42.5 Å². The van der Waals surface area contributed by atoms with Gasteiger partial charge < -0.3 is 9.84 Å². The van der Waals surface area contributed by atoms with Gasteiger partial charge in [-0.15, -0.1) is 0 Å². The van der Waals surface area contributed by atoms with Gasteiger partial charge in [-0.2, -0.15) is 0 Å². The summed E-state index contributed by atoms with van der Waals surface area (Å²) in [4.78, 5) is 10.9. The van der Waals surface area contributed by atoms with Gasteiger partial charge in [0, 0.05) is 0 Å². The molecule has 1 N–H and O–H groups in total. The number of benzene rings is 2. The maximum Gasteiger partial charge on any atom is 0.335 e. The summed E-state index contributed by atoms with van der Waals surface area (Å²) < 4.78 is 7.32. The standard InChI is InChI=1S/C13H8I2O3/c14-10-6-8(13(16)17)7-11(15)12(10)18-9-4-2-1-3-5-9/h1-7H,(H,16,17). The lowest BCUT2D eigenvalue weighted by molar-refractivity contribution is 0.0696. The zero-order valence-electron chi connectivity index (χ0n) is 9.06. The van der Waals surface area contributed by atoms with E-state index in [0.29, 0.717) is 5.75 Å². The summed E-state index contributed by atoms with van der Waals surface area (Å²) in [6, 6.07) is 12.6. The highest BCUT2D eigenvalue weighted by Gasteiger charge is 2.13. The molecule has 0 saturated carbocycles. The first kappa shape index (κ1) is 13.6. The smallest absolute Gasteiger partial charge is 0.335 e. The van der Waals surface area contributed by atoms with Gasteiger partial charge in [-0.1, -0.05) is 18.2 Å². The molecule has 2 aromatic rings. The van der Waals surface area contributed by atoms with Crippen molar-refractivity contribution in [1.82, 2.24) is 0 Å². The number of carbonyl (C=O) groups is 1. The monoisotopic (exact) mass is 466 g/mol. The van der Waals surface area contributed by atoms with Crippen LogP contribution in [-0.2, 0) is 0 Å². The lowest BCUT2D eigenvalue weighted by Gasteiger charge is -2.10. The Kier molecular flexibility index (Phi) is 4.44. The predicted octanol–water partition coefficient (Wildman–Crippen LogP) is 4.39. The SMILES string of the molecule is O=C(O)c1cc(I)c(Oc2ccccc2)c(I)c1. The van der Waals surface area contributed by atoms with Crippen LogP contribution >= 0.6 is 45.2 Å². The summed E-state index contributed by atoms with van der Waals surface area (Å²) in [6.07, 6.45) is 0. The zero-order valence-corrected chi connectivity index (χ0v) is 13.4. The van der Waals surface area contributed by atoms with Crippen molar-refractivity contribution in [3.63, 3.8) is 0 Å². The van der Waals surface area contributed by atoms with Gasteiger partial charge in [-0.25, -0.2) is 4.79 Å². The number of carboxylic acid groups (broad SMARTS) is 1. The van der Waals surface area contributed by atoms with Gasteiger partial charge in [0.05, 0.1) is 12.7 Å². The van der Waals surface area contributed by atoms with Crippen LogP contribution in [0, 0.1) is 7.14 Å². The Balaban J connectivity index is 2.37. The molecule has 3 nitrogen and oxygen atoms in total. The highest BCUT2D eigenvalue weighted by atomic mass is 127. The molecule has 0 fully saturated rings. The summed E-state index contributed by atoms with van der Waals surface area (Å²) in [7, 11) is 0. The second kappa shape index (κ2) is 5.87. The minimum Gasteiger partial charge on any atom is -0.478 e. The van der Waals surface area contributed by atoms with Crippen LogP contribution in [0.3, 0.4) is 0 Å². The van der Waals surface area contributed by atoms with Crippen LogP contribution in [0.4, 0.5) is 0 Å². The van der Waals surface area contributed by atoms with Crippen molar-refractivity contribution >= 4 is 51.2 Å². The van der Waals surface area contributed by atoms with E-state index in [0.717, 1.165) is 12.9 Å². The van der Waals surface area contributed by atoms with Crippen molar-refractivity contribution < 1.29 is 14.6 Å². The van der Waals surface area contributed by atoms with Crippen LogP contribution in [0.1, 0.15) is 10.4 Å². The van der Waals surface area contributed by atoms with E-state index in [1.165, 1.54) is 0 Å². The Morgan fingerprint density at radius 1 is 1.06 bits per heavy atom. The Morgan fingerprint density at radius 3 is 2.11 bits per heavy atom. The van der Waals surface area contributed by atoms with Crippen molar-refractivity contribution in [3.05, 3.63) is 55.2 Å². The van der Waals surface area contributed by atoms with Crippen LogP contribution in [0.2, 0.25) is 0 Å². The van der Waals surface area contributed by atoms with Crippen molar-refractivity contribution in [3.8, 4) is 11.5 Å². The quantitative estimate of drug-likeness (QED) is 0.684. The van der Waals surface area contributed by atoms with E-state index in [2.05, 4.69) is 45.2 Å². The fourth-order valence-electron chi connectivity index (χ4n) is 1.39. The molecule has 0 aliphatic rings. The third-order valence-corrected chi connectivity index (χ3v) is 3.81. The lowest BCUT2D eigenvalue weighted by atomic mass is 10.2. The summed E-state index contributed by atoms with van der Waals surface area (Å²) >= 11 is 4.16. The van der Waals surface area contributed by atoms with Gasteiger partial charge in [-0.05, 0) is 69.4 Å². The van der Waals surface area contributed by atoms with Gasteiger partial charge in [0.1, 0.15) is 5.75 Å². The number of hydrogen-bond donors (Lipinski definition) is 1. The number of rotatable bonds is 3. The van der Waals surface area contributed by atoms with Gasteiger partial charge in [0.25, 0.3) is 0 Å². The second-order valence-electron chi connectivity index (χ2n) is 3.49. The van der Waals surface area contributed by atoms with E-state index in [4.69, 9.17) is 9.84 Å². The van der Waals surface area contributed by atoms with E-state index in [-0.39, 0.29) is 5.56 Å². The van der Waals surface area contributed by atoms with E-state index in [1.807, 2.05) is 30.3 Å². The first-order chi connectivity index (χ1) is 8.58. The van der Waals surface area contributed by atoms with Gasteiger partial charge in [0.2, 0.25) is 0 Å². The van der Waals surface area contributed by atoms with E-state index in [9.17, 15) is 4.79 Å². The molecule has 0 heterocycles. The first-order valence-corrected chi connectivity index (χ1v) is 7.19. The van der Waals surface area contributed by atoms with Gasteiger partial charge in [0.15, 0.2) is 5.75 Å². The van der Waals surface area contributed by atoms with Crippen LogP contribution < -0.4 is 4.74 Å². The molecule has 5 heteroatoms. The molecule has 0 unspecified atom stereocenters. The summed E-state index contributed by atoms with van der Waals surface area (Å²) in [5, 5.41) is 8.97. The van der Waals surface area contributed by atoms with Crippen LogP contribution in [0.25, 0.3) is 0 Å². The number of para-hydroxylation sites is 1. The molecule has 0 radical (unpaired) electrons. The number of ether oxygens (including phenoxy) is 1. The molecule has 0 amide bonds. The average molecular weight is 466 g/mol. The average Bonchev–Trinajstić information content (AvgIpc) is 2.34. The van der Waals surface area contributed by atoms with E-state index in [1.54, 1.807) is 12.1 Å². The molecular formula is C13H8I2O3. The van der Waals surface area contributed by atoms with Crippen molar-refractivity contribution in [2.45, 2.75) is 0 Å². The Labute approximate surface area is 131 Å². The highest BCUT2D eigenvalue weighted by Crippen LogP contribution is 2.32. The third kappa shape index (κ3) is 3.14. The number of carboxylic acids is 1. The molecule has 0 aliphatic carbocycles. The lowest BCUT2D eigenvalue weighted by Crippen LogP contribution is -2.00. The minimum absolute atomic E-state index is 0.268. The largest absolute Gasteiger partial charge is 0.478 e. The molecule has 0 bridgehead atoms. The summed E-state index contributed by atoms with van der Waals surface area (Å²) in [5.41, 5.74) is 0.268. The molecule has 18 heavy (non-hydrogen) atoms. The molecule has 0 saturated heterocycles. The predicted molar refractivity (Wildman–Crippen MR) is 85.4 cm³/mol. The number of aromatic carboxylic acids is 1. The van der Waals surface area contributed by atoms with Crippen LogP contribution in [-0.4, -0.2) is 11.1 Å². The molecule has 0 aromatic heterocycles. The summed E-state index contributed by atoms with van der Waals surface area (Å²) in [5.74, 6) is 0.487. The van der Waals surface area contributed by atoms with Crippen LogP contribution in [0.5, 0.6) is 11.5 Å². The Hall–Kier alpha value is -0.830. The minimum atomic E-state index is -0.933. The van der Waals surface area contributed by atoms with E-state index < -0.39 is 5.97 Å². The van der Waals surface area contributed by atoms with Crippen molar-refractivity contribution in [2.24, 2.45) is 0 Å². The van der Waals surface area contributed by atoms with Gasteiger partial charge >= 0.3 is 5.97 Å². The topological polar surface area (TPSA) is 46.5 Å². The normalized spacial score (nSPS) is 10.1. The number of halogens is 2. The maximum atomic E-state index is 10.9. The molecule has 0 aliphatic heterocycles. The Bertz CT molecular complexity index is 559. The van der Waals surface area contributed by atoms with Crippen molar-refractivity contribution in [2.75, 3.05) is 0 Å². The van der Waals surface area contributed by atoms with E-state index >= 15 is 0 Å². The third-order valence-electron chi connectivity index (χ3n) is 2.21. The second-order valence-corrected chi connectivity index (χ2v) is 5.81. The highest BCUT2D eigenvalue weighted by molar-refractivity contribution is 14.1. The molecule has 0 spiro atoms. The zero-order chi connectivity index (χ0) is 13.1. The van der Waals surface area contributed by atoms with Crippen molar-refractivity contribution in [1.29, 1.82) is 0 Å². The molecule has 92 valence electrons.